The summed E-state index contributed by atoms with van der Waals surface area (Å²) in [5, 5.41) is 11.8. The second-order valence-corrected chi connectivity index (χ2v) is 8.27. The summed E-state index contributed by atoms with van der Waals surface area (Å²) in [5.41, 5.74) is 7.36. The quantitative estimate of drug-likeness (QED) is 0.116. The van der Waals surface area contributed by atoms with Crippen molar-refractivity contribution >= 4 is 35.3 Å². The minimum atomic E-state index is -0.668. The van der Waals surface area contributed by atoms with Gasteiger partial charge in [-0.2, -0.15) is 14.3 Å². The Bertz CT molecular complexity index is 1000. The van der Waals surface area contributed by atoms with Gasteiger partial charge in [0.05, 0.1) is 18.6 Å². The van der Waals surface area contributed by atoms with Crippen LogP contribution < -0.4 is 10.6 Å². The highest BCUT2D eigenvalue weighted by atomic mass is 32.2. The van der Waals surface area contributed by atoms with Gasteiger partial charge in [-0.15, -0.1) is 0 Å². The molecular weight excluding hydrogens is 464 g/mol. The highest BCUT2D eigenvalue weighted by molar-refractivity contribution is 7.94. The van der Waals surface area contributed by atoms with Crippen molar-refractivity contribution in [2.75, 3.05) is 44.0 Å². The number of benzene rings is 1. The van der Waals surface area contributed by atoms with E-state index in [1.807, 2.05) is 24.3 Å². The Balaban J connectivity index is 1.95. The molecule has 0 radical (unpaired) electrons. The molecule has 0 unspecified atom stereocenters. The van der Waals surface area contributed by atoms with E-state index in [9.17, 15) is 14.9 Å². The minimum absolute atomic E-state index is 0.00315. The Hall–Kier alpha value is -3.00. The third-order valence-electron chi connectivity index (χ3n) is 5.13. The number of esters is 1. The van der Waals surface area contributed by atoms with Crippen molar-refractivity contribution in [1.29, 1.82) is 0 Å². The summed E-state index contributed by atoms with van der Waals surface area (Å²) >= 11 is 0.647. The first-order chi connectivity index (χ1) is 16.4. The van der Waals surface area contributed by atoms with Gasteiger partial charge in [-0.05, 0) is 44.0 Å². The van der Waals surface area contributed by atoms with Crippen LogP contribution in [-0.4, -0.2) is 59.1 Å². The third-order valence-corrected chi connectivity index (χ3v) is 5.66. The summed E-state index contributed by atoms with van der Waals surface area (Å²) in [6.07, 6.45) is 2.39. The molecule has 0 saturated carbocycles. The molecule has 3 rings (SSSR count). The van der Waals surface area contributed by atoms with Gasteiger partial charge in [0.1, 0.15) is 18.6 Å². The van der Waals surface area contributed by atoms with Gasteiger partial charge in [-0.25, -0.2) is 4.89 Å². The van der Waals surface area contributed by atoms with Crippen LogP contribution in [0, 0.1) is 10.1 Å². The van der Waals surface area contributed by atoms with E-state index in [4.69, 9.17) is 14.8 Å². The minimum Gasteiger partial charge on any atom is -0.465 e. The largest absolute Gasteiger partial charge is 0.465 e. The zero-order valence-electron chi connectivity index (χ0n) is 19.1. The smallest absolute Gasteiger partial charge is 0.353 e. The number of hydrogen-bond donors (Lipinski definition) is 1. The molecule has 1 fully saturated rings. The monoisotopic (exact) mass is 492 g/mol. The summed E-state index contributed by atoms with van der Waals surface area (Å²) in [4.78, 5) is 40.0. The lowest BCUT2D eigenvalue weighted by Crippen LogP contribution is -2.32. The molecule has 184 valence electrons. The fourth-order valence-electron chi connectivity index (χ4n) is 3.75. The Morgan fingerprint density at radius 1 is 1.29 bits per heavy atom. The van der Waals surface area contributed by atoms with E-state index in [1.165, 1.54) is 24.9 Å². The molecule has 12 nitrogen and oxygen atoms in total. The van der Waals surface area contributed by atoms with Crippen molar-refractivity contribution in [1.82, 2.24) is 14.9 Å². The summed E-state index contributed by atoms with van der Waals surface area (Å²) in [7, 11) is 1.30. The lowest BCUT2D eigenvalue weighted by molar-refractivity contribution is -0.383. The molecule has 1 aliphatic heterocycles. The van der Waals surface area contributed by atoms with Crippen molar-refractivity contribution in [2.24, 2.45) is 0 Å². The van der Waals surface area contributed by atoms with Crippen LogP contribution in [0.25, 0.3) is 0 Å². The molecule has 0 atom stereocenters. The highest BCUT2D eigenvalue weighted by Crippen LogP contribution is 2.34. The topological polar surface area (TPSA) is 146 Å². The van der Waals surface area contributed by atoms with Gasteiger partial charge in [0, 0.05) is 13.1 Å². The third kappa shape index (κ3) is 7.00. The summed E-state index contributed by atoms with van der Waals surface area (Å²) in [6, 6.07) is 7.89. The maximum Gasteiger partial charge on any atom is 0.353 e. The number of nitrogens with two attached hydrogens (primary N) is 1. The molecule has 13 heteroatoms. The molecule has 1 aromatic carbocycles. The lowest BCUT2D eigenvalue weighted by atomic mass is 10.1. The van der Waals surface area contributed by atoms with E-state index in [0.717, 1.165) is 30.8 Å². The number of aromatic nitrogens is 2. The van der Waals surface area contributed by atoms with Crippen LogP contribution in [0.4, 0.5) is 17.3 Å². The molecule has 2 N–H and O–H groups in total. The predicted octanol–water partition coefficient (Wildman–Crippen LogP) is 2.72. The number of nitrogens with zero attached hydrogens (tertiary/aromatic N) is 5. The average Bonchev–Trinajstić information content (AvgIpc) is 3.30. The fourth-order valence-corrected chi connectivity index (χ4v) is 4.14. The maximum absolute atomic E-state index is 12.4. The second-order valence-electron chi connectivity index (χ2n) is 7.60. The number of hydrogen-bond acceptors (Lipinski definition) is 12. The van der Waals surface area contributed by atoms with Crippen LogP contribution in [0.3, 0.4) is 0 Å². The first-order valence-electron chi connectivity index (χ1n) is 10.8. The second kappa shape index (κ2) is 12.5. The van der Waals surface area contributed by atoms with Gasteiger partial charge in [0.2, 0.25) is 16.8 Å². The molecule has 34 heavy (non-hydrogen) atoms. The number of nitrogen functional groups attached to an aromatic ring is 1. The van der Waals surface area contributed by atoms with Gasteiger partial charge < -0.3 is 15.4 Å². The van der Waals surface area contributed by atoms with Crippen LogP contribution in [0.5, 0.6) is 0 Å². The number of anilines is 2. The van der Waals surface area contributed by atoms with E-state index < -0.39 is 16.6 Å². The van der Waals surface area contributed by atoms with Crippen molar-refractivity contribution in [3.63, 3.8) is 0 Å². The SMILES string of the molecule is CCOC(=O)CN(Cc1cccc(CN2CCCC2)c1)c1nc(SOOC)nc(N)c1[N+](=O)[O-]. The molecular formula is C21H28N6O6S. The van der Waals surface area contributed by atoms with E-state index in [-0.39, 0.29) is 36.5 Å². The van der Waals surface area contributed by atoms with Crippen LogP contribution in [0.2, 0.25) is 0 Å². The van der Waals surface area contributed by atoms with Crippen LogP contribution >= 0.6 is 12.0 Å². The van der Waals surface area contributed by atoms with Crippen LogP contribution in [0.15, 0.2) is 29.4 Å². The molecule has 0 amide bonds. The molecule has 1 aliphatic rings. The van der Waals surface area contributed by atoms with Gasteiger partial charge in [0.25, 0.3) is 0 Å². The molecule has 2 aromatic rings. The molecule has 0 spiro atoms. The fraction of sp³-hybridized carbons (Fsp3) is 0.476. The van der Waals surface area contributed by atoms with Gasteiger partial charge in [-0.3, -0.25) is 19.8 Å². The standard InChI is InChI=1S/C21H28N6O6S/c1-3-32-17(28)14-26(13-16-8-6-7-15(11-16)12-25-9-4-5-10-25)20-18(27(29)30)19(22)23-21(24-20)34-33-31-2/h6-8,11H,3-5,9-10,12-14H2,1-2H3,(H2,22,23,24). The van der Waals surface area contributed by atoms with E-state index in [0.29, 0.717) is 12.0 Å². The normalized spacial score (nSPS) is 13.7. The van der Waals surface area contributed by atoms with E-state index in [1.54, 1.807) is 6.92 Å². The highest BCUT2D eigenvalue weighted by Gasteiger charge is 2.29. The number of nitro groups is 1. The average molecular weight is 493 g/mol. The predicted molar refractivity (Wildman–Crippen MR) is 126 cm³/mol. The number of rotatable bonds is 12. The van der Waals surface area contributed by atoms with Crippen LogP contribution in [0.1, 0.15) is 30.9 Å². The zero-order chi connectivity index (χ0) is 24.5. The van der Waals surface area contributed by atoms with E-state index in [2.05, 4.69) is 19.8 Å². The Morgan fingerprint density at radius 2 is 2.03 bits per heavy atom. The van der Waals surface area contributed by atoms with E-state index >= 15 is 0 Å². The van der Waals surface area contributed by atoms with Gasteiger partial charge in [0.15, 0.2) is 0 Å². The zero-order valence-corrected chi connectivity index (χ0v) is 20.0. The van der Waals surface area contributed by atoms with Crippen LogP contribution in [-0.2, 0) is 31.8 Å². The molecule has 0 bridgehead atoms. The Labute approximate surface area is 201 Å². The Kier molecular flexibility index (Phi) is 9.39. The van der Waals surface area contributed by atoms with Crippen molar-refractivity contribution in [3.8, 4) is 0 Å². The molecule has 0 aliphatic carbocycles. The maximum atomic E-state index is 12.4. The van der Waals surface area contributed by atoms with Gasteiger partial charge in [-0.1, -0.05) is 24.3 Å². The van der Waals surface area contributed by atoms with Crippen molar-refractivity contribution < 1.29 is 23.7 Å². The summed E-state index contributed by atoms with van der Waals surface area (Å²) in [6.45, 7) is 4.71. The number of carbonyl (C=O) groups excluding carboxylic acids is 1. The first-order valence-corrected chi connectivity index (χ1v) is 11.5. The molecule has 1 saturated heterocycles. The van der Waals surface area contributed by atoms with Crippen molar-refractivity contribution in [2.45, 2.75) is 38.0 Å². The molecule has 1 aromatic heterocycles. The van der Waals surface area contributed by atoms with Gasteiger partial charge >= 0.3 is 11.7 Å². The summed E-state index contributed by atoms with van der Waals surface area (Å²) in [5.74, 6) is -1.02. The first kappa shape index (κ1) is 25.6. The lowest BCUT2D eigenvalue weighted by Gasteiger charge is -2.23. The number of ether oxygens (including phenoxy) is 1. The number of carbonyl (C=O) groups is 1. The Morgan fingerprint density at radius 3 is 2.71 bits per heavy atom. The molecule has 2 heterocycles. The summed E-state index contributed by atoms with van der Waals surface area (Å²) < 4.78 is 9.87. The number of likely N-dealkylation sites (tertiary alicyclic amines) is 1. The van der Waals surface area contributed by atoms with Crippen molar-refractivity contribution in [3.05, 3.63) is 45.5 Å².